The number of ether oxygens (including phenoxy) is 3. The number of pyridine rings is 1. The molecule has 0 amide bonds. The Morgan fingerprint density at radius 2 is 1.33 bits per heavy atom. The average Bonchev–Trinajstić information content (AvgIpc) is 3.79. The third kappa shape index (κ3) is 6.87. The van der Waals surface area contributed by atoms with E-state index in [-0.39, 0.29) is 26.9 Å². The smallest absolute Gasteiger partial charge is 0.509 e. The fourth-order valence-corrected chi connectivity index (χ4v) is 6.42. The fraction of sp³-hybridized carbons (Fsp3) is 0.0222. The Balaban J connectivity index is 0.00000413. The molecule has 264 valence electrons. The van der Waals surface area contributed by atoms with E-state index in [0.717, 1.165) is 38.5 Å². The minimum absolute atomic E-state index is 0. The summed E-state index contributed by atoms with van der Waals surface area (Å²) in [6, 6.07) is 50.2. The SMILES string of the molecule is Cc1cc(Oc2ccccc2)c(-c2cnn(-c3[c-]c(Oc4[c-]c5c(cc4)c4ccccc4n5-c4cc(F)ccn4)ccc3)c2)c(Oc2ccccc2)c1.[Pt+2]. The molecular formula is C45H29FN4O3Pt. The first-order valence-corrected chi connectivity index (χ1v) is 17.0. The van der Waals surface area contributed by atoms with Gasteiger partial charge >= 0.3 is 21.1 Å². The summed E-state index contributed by atoms with van der Waals surface area (Å²) < 4.78 is 37.2. The van der Waals surface area contributed by atoms with Crippen LogP contribution in [0.15, 0.2) is 158 Å². The number of aryl methyl sites for hydroxylation is 1. The summed E-state index contributed by atoms with van der Waals surface area (Å²) in [5.74, 6) is 3.71. The van der Waals surface area contributed by atoms with Crippen LogP contribution < -0.4 is 14.2 Å². The Morgan fingerprint density at radius 1 is 0.648 bits per heavy atom. The van der Waals surface area contributed by atoms with Crippen LogP contribution in [0.25, 0.3) is 44.4 Å². The predicted molar refractivity (Wildman–Crippen MR) is 203 cm³/mol. The van der Waals surface area contributed by atoms with Gasteiger partial charge in [0.05, 0.1) is 11.8 Å². The van der Waals surface area contributed by atoms with Crippen molar-refractivity contribution < 1.29 is 39.7 Å². The molecule has 0 unspecified atom stereocenters. The molecule has 0 aliphatic heterocycles. The van der Waals surface area contributed by atoms with Crippen LogP contribution in [-0.4, -0.2) is 19.3 Å². The van der Waals surface area contributed by atoms with Crippen molar-refractivity contribution in [3.05, 3.63) is 182 Å². The molecule has 0 saturated heterocycles. The summed E-state index contributed by atoms with van der Waals surface area (Å²) in [6.45, 7) is 2.01. The Bertz CT molecular complexity index is 2690. The normalized spacial score (nSPS) is 11.0. The summed E-state index contributed by atoms with van der Waals surface area (Å²) in [5.41, 5.74) is 4.80. The van der Waals surface area contributed by atoms with Crippen molar-refractivity contribution in [3.63, 3.8) is 0 Å². The van der Waals surface area contributed by atoms with Crippen LogP contribution in [0.1, 0.15) is 5.56 Å². The van der Waals surface area contributed by atoms with Crippen LogP contribution in [0.3, 0.4) is 0 Å². The number of rotatable bonds is 9. The third-order valence-corrected chi connectivity index (χ3v) is 8.74. The van der Waals surface area contributed by atoms with Crippen LogP contribution >= 0.6 is 0 Å². The van der Waals surface area contributed by atoms with E-state index >= 15 is 0 Å². The largest absolute Gasteiger partial charge is 2.00 e. The third-order valence-electron chi connectivity index (χ3n) is 8.74. The first-order chi connectivity index (χ1) is 26.1. The van der Waals surface area contributed by atoms with Crippen molar-refractivity contribution in [1.29, 1.82) is 0 Å². The summed E-state index contributed by atoms with van der Waals surface area (Å²) in [6.07, 6.45) is 5.15. The van der Waals surface area contributed by atoms with Gasteiger partial charge < -0.3 is 18.8 Å². The van der Waals surface area contributed by atoms with Gasteiger partial charge in [0.25, 0.3) is 0 Å². The van der Waals surface area contributed by atoms with E-state index in [1.807, 2.05) is 145 Å². The van der Waals surface area contributed by atoms with E-state index in [9.17, 15) is 4.39 Å². The van der Waals surface area contributed by atoms with E-state index in [2.05, 4.69) is 17.1 Å². The number of para-hydroxylation sites is 3. The molecule has 3 heterocycles. The average molecular weight is 888 g/mol. The van der Waals surface area contributed by atoms with Gasteiger partial charge in [-0.05, 0) is 72.1 Å². The molecule has 0 spiro atoms. The Labute approximate surface area is 325 Å². The molecular weight excluding hydrogens is 859 g/mol. The van der Waals surface area contributed by atoms with Crippen molar-refractivity contribution in [2.24, 2.45) is 0 Å². The van der Waals surface area contributed by atoms with Gasteiger partial charge in [0.15, 0.2) is 0 Å². The first-order valence-electron chi connectivity index (χ1n) is 17.0. The summed E-state index contributed by atoms with van der Waals surface area (Å²) in [7, 11) is 0. The van der Waals surface area contributed by atoms with E-state index in [1.165, 1.54) is 18.3 Å². The number of nitrogens with zero attached hydrogens (tertiary/aromatic N) is 4. The second kappa shape index (κ2) is 14.9. The van der Waals surface area contributed by atoms with Crippen molar-refractivity contribution in [2.45, 2.75) is 6.92 Å². The zero-order valence-corrected chi connectivity index (χ0v) is 31.0. The van der Waals surface area contributed by atoms with Gasteiger partial charge in [0.2, 0.25) is 0 Å². The summed E-state index contributed by atoms with van der Waals surface area (Å²) in [5, 5.41) is 6.67. The Morgan fingerprint density at radius 3 is 2.06 bits per heavy atom. The van der Waals surface area contributed by atoms with Crippen molar-refractivity contribution in [2.75, 3.05) is 0 Å². The van der Waals surface area contributed by atoms with Gasteiger partial charge in [0, 0.05) is 41.0 Å². The van der Waals surface area contributed by atoms with E-state index in [1.54, 1.807) is 10.9 Å². The topological polar surface area (TPSA) is 63.3 Å². The molecule has 9 aromatic rings. The van der Waals surface area contributed by atoms with Crippen molar-refractivity contribution in [1.82, 2.24) is 19.3 Å². The van der Waals surface area contributed by atoms with Gasteiger partial charge in [0.1, 0.15) is 34.6 Å². The van der Waals surface area contributed by atoms with Crippen LogP contribution in [0, 0.1) is 24.9 Å². The molecule has 0 aliphatic rings. The second-order valence-electron chi connectivity index (χ2n) is 12.4. The van der Waals surface area contributed by atoms with Gasteiger partial charge in [-0.3, -0.25) is 4.68 Å². The zero-order valence-electron chi connectivity index (χ0n) is 28.7. The summed E-state index contributed by atoms with van der Waals surface area (Å²) in [4.78, 5) is 4.45. The number of benzene rings is 6. The molecule has 7 nitrogen and oxygen atoms in total. The minimum atomic E-state index is -0.371. The molecule has 0 radical (unpaired) electrons. The molecule has 9 heteroatoms. The quantitative estimate of drug-likeness (QED) is 0.135. The van der Waals surface area contributed by atoms with Crippen LogP contribution in [0.5, 0.6) is 34.5 Å². The maximum atomic E-state index is 14.3. The van der Waals surface area contributed by atoms with E-state index in [4.69, 9.17) is 19.3 Å². The van der Waals surface area contributed by atoms with Gasteiger partial charge in [-0.1, -0.05) is 60.1 Å². The second-order valence-corrected chi connectivity index (χ2v) is 12.4. The Hall–Kier alpha value is -6.50. The number of hydrogen-bond donors (Lipinski definition) is 0. The van der Waals surface area contributed by atoms with Crippen molar-refractivity contribution in [3.8, 4) is 57.1 Å². The molecule has 0 aliphatic carbocycles. The molecule has 0 atom stereocenters. The molecule has 6 aromatic carbocycles. The molecule has 54 heavy (non-hydrogen) atoms. The number of aromatic nitrogens is 4. The molecule has 9 rings (SSSR count). The molecule has 0 fully saturated rings. The predicted octanol–water partition coefficient (Wildman–Crippen LogP) is 11.5. The standard InChI is InChI=1S/C45H29FN4O3.Pt/c1-30-23-42(52-34-12-4-2-5-13-34)45(43(24-30)53-35-14-6-3-7-15-35)31-28-48-49(29-31)33-11-10-16-36(26-33)51-37-19-20-39-38-17-8-9-18-40(38)50(41(39)27-37)44-25-32(46)21-22-47-44;/h2-25,28-29H,1H3;/q-2;+2. The van der Waals surface area contributed by atoms with Crippen LogP contribution in [0.4, 0.5) is 4.39 Å². The monoisotopic (exact) mass is 887 g/mol. The molecule has 0 saturated carbocycles. The van der Waals surface area contributed by atoms with Crippen molar-refractivity contribution >= 4 is 21.8 Å². The van der Waals surface area contributed by atoms with Gasteiger partial charge in [-0.25, -0.2) is 9.37 Å². The van der Waals surface area contributed by atoms with Gasteiger partial charge in [-0.2, -0.15) is 17.2 Å². The van der Waals surface area contributed by atoms with Gasteiger partial charge in [-0.15, -0.1) is 35.7 Å². The van der Waals surface area contributed by atoms with E-state index < -0.39 is 0 Å². The first kappa shape index (κ1) is 34.6. The minimum Gasteiger partial charge on any atom is -0.509 e. The number of hydrogen-bond acceptors (Lipinski definition) is 5. The number of fused-ring (bicyclic) bond motifs is 3. The fourth-order valence-electron chi connectivity index (χ4n) is 6.42. The van der Waals surface area contributed by atoms with Crippen LogP contribution in [0.2, 0.25) is 0 Å². The Kier molecular flexibility index (Phi) is 9.51. The van der Waals surface area contributed by atoms with Crippen LogP contribution in [-0.2, 0) is 21.1 Å². The molecule has 3 aromatic heterocycles. The molecule has 0 N–H and O–H groups in total. The number of halogens is 1. The maximum Gasteiger partial charge on any atom is 2.00 e. The maximum absolute atomic E-state index is 14.3. The summed E-state index contributed by atoms with van der Waals surface area (Å²) >= 11 is 0. The molecule has 0 bridgehead atoms. The zero-order chi connectivity index (χ0) is 35.7. The van der Waals surface area contributed by atoms with E-state index in [0.29, 0.717) is 46.0 Å².